The Morgan fingerprint density at radius 2 is 2.00 bits per heavy atom. The van der Waals surface area contributed by atoms with Crippen molar-refractivity contribution >= 4 is 34.4 Å². The number of aliphatic imine (C=N–C) groups is 1. The zero-order chi connectivity index (χ0) is 22.0. The molecule has 0 aromatic carbocycles. The van der Waals surface area contributed by atoms with Gasteiger partial charge in [0.2, 0.25) is 0 Å². The minimum Gasteiger partial charge on any atom is -0.467 e. The molecule has 1 fully saturated rings. The summed E-state index contributed by atoms with van der Waals surface area (Å²) in [5.74, 6) is -0.00386. The molecule has 2 aliphatic heterocycles. The van der Waals surface area contributed by atoms with Crippen molar-refractivity contribution in [2.75, 3.05) is 13.2 Å². The first-order valence-electron chi connectivity index (χ1n) is 10.1. The third-order valence-corrected chi connectivity index (χ3v) is 6.64. The molecule has 0 radical (unpaired) electrons. The van der Waals surface area contributed by atoms with Crippen LogP contribution in [-0.4, -0.2) is 46.1 Å². The van der Waals surface area contributed by atoms with Crippen molar-refractivity contribution in [1.29, 1.82) is 0 Å². The molecule has 162 valence electrons. The predicted octanol–water partition coefficient (Wildman–Crippen LogP) is 3.12. The highest BCUT2D eigenvalue weighted by Gasteiger charge is 2.41. The number of nitrogens with zero attached hydrogens (tertiary/aromatic N) is 2. The number of carbonyl (C=O) groups excluding carboxylic acids is 3. The number of carbonyl (C=O) groups is 3. The summed E-state index contributed by atoms with van der Waals surface area (Å²) in [6.07, 6.45) is 4.34. The zero-order valence-electron chi connectivity index (χ0n) is 17.3. The fourth-order valence-corrected chi connectivity index (χ4v) is 4.95. The van der Waals surface area contributed by atoms with Crippen LogP contribution in [-0.2, 0) is 9.53 Å². The minimum atomic E-state index is -0.505. The lowest BCUT2D eigenvalue weighted by Gasteiger charge is -2.24. The maximum atomic E-state index is 13.2. The van der Waals surface area contributed by atoms with Crippen LogP contribution < -0.4 is 5.32 Å². The van der Waals surface area contributed by atoms with E-state index in [-0.39, 0.29) is 23.0 Å². The molecule has 2 aliphatic rings. The number of Topliss-reactive ketones (excluding diaryl/α,β-unsaturated/α-hetero) is 2. The van der Waals surface area contributed by atoms with Crippen LogP contribution in [0.15, 0.2) is 40.1 Å². The molecule has 2 atom stereocenters. The number of thioether (sulfide) groups is 1. The number of hydrogen-bond acceptors (Lipinski definition) is 8. The average Bonchev–Trinajstić information content (AvgIpc) is 3.44. The van der Waals surface area contributed by atoms with Gasteiger partial charge in [0.25, 0.3) is 5.91 Å². The van der Waals surface area contributed by atoms with E-state index in [0.29, 0.717) is 48.2 Å². The van der Waals surface area contributed by atoms with Gasteiger partial charge in [-0.2, -0.15) is 0 Å². The Bertz CT molecular complexity index is 1030. The maximum absolute atomic E-state index is 13.2. The van der Waals surface area contributed by atoms with E-state index >= 15 is 0 Å². The van der Waals surface area contributed by atoms with E-state index in [1.165, 1.54) is 30.9 Å². The molecule has 9 heteroatoms. The van der Waals surface area contributed by atoms with E-state index in [0.717, 1.165) is 0 Å². The van der Waals surface area contributed by atoms with Gasteiger partial charge < -0.3 is 14.5 Å². The van der Waals surface area contributed by atoms with Crippen molar-refractivity contribution in [3.05, 3.63) is 53.2 Å². The number of amides is 1. The van der Waals surface area contributed by atoms with Crippen molar-refractivity contribution in [1.82, 2.24) is 10.3 Å². The highest BCUT2D eigenvalue weighted by molar-refractivity contribution is 8.15. The van der Waals surface area contributed by atoms with Crippen LogP contribution in [0, 0.1) is 12.8 Å². The number of amidine groups is 1. The lowest BCUT2D eigenvalue weighted by molar-refractivity contribution is -0.125. The molecule has 1 unspecified atom stereocenters. The monoisotopic (exact) mass is 441 g/mol. The number of hydrogen-bond donors (Lipinski definition) is 1. The van der Waals surface area contributed by atoms with Gasteiger partial charge in [0.1, 0.15) is 17.1 Å². The van der Waals surface area contributed by atoms with Crippen LogP contribution in [0.4, 0.5) is 0 Å². The Morgan fingerprint density at radius 1 is 1.23 bits per heavy atom. The van der Waals surface area contributed by atoms with E-state index in [2.05, 4.69) is 15.3 Å². The minimum absolute atomic E-state index is 0.0895. The third-order valence-electron chi connectivity index (χ3n) is 5.47. The predicted molar refractivity (Wildman–Crippen MR) is 115 cm³/mol. The molecular formula is C22H23N3O5S. The molecule has 8 nitrogen and oxygen atoms in total. The van der Waals surface area contributed by atoms with Crippen molar-refractivity contribution in [3.63, 3.8) is 0 Å². The number of aromatic nitrogens is 1. The molecule has 0 bridgehead atoms. The van der Waals surface area contributed by atoms with Crippen LogP contribution >= 0.6 is 11.8 Å². The molecule has 0 spiro atoms. The Balaban J connectivity index is 1.54. The second kappa shape index (κ2) is 9.15. The van der Waals surface area contributed by atoms with Crippen LogP contribution in [0.3, 0.4) is 0 Å². The molecule has 0 aliphatic carbocycles. The Morgan fingerprint density at radius 3 is 2.68 bits per heavy atom. The van der Waals surface area contributed by atoms with E-state index in [1.807, 2.05) is 0 Å². The standard InChI is InChI=1S/C22H23N3O5S/c1-12-16(13(2)26)10-15(11-23-12)21(28)25-22-24-18(17-4-3-7-30-17)20(31-22)19(27)14-5-8-29-9-6-14/h3-4,7,10-11,14,18,20H,5-6,8-9H2,1-2H3,(H,24,25,28)/t18-,20?/m0/s1. The number of ketones is 2. The molecule has 2 aromatic heterocycles. The van der Waals surface area contributed by atoms with Gasteiger partial charge in [-0.1, -0.05) is 11.8 Å². The fraction of sp³-hybridized carbons (Fsp3) is 0.409. The maximum Gasteiger partial charge on any atom is 0.258 e. The number of furan rings is 1. The average molecular weight is 442 g/mol. The van der Waals surface area contributed by atoms with Gasteiger partial charge in [-0.15, -0.1) is 0 Å². The van der Waals surface area contributed by atoms with E-state index in [1.54, 1.807) is 25.3 Å². The number of aryl methyl sites for hydroxylation is 1. The highest BCUT2D eigenvalue weighted by atomic mass is 32.2. The highest BCUT2D eigenvalue weighted by Crippen LogP contribution is 2.40. The molecule has 1 N–H and O–H groups in total. The fourth-order valence-electron chi connectivity index (χ4n) is 3.75. The quantitative estimate of drug-likeness (QED) is 0.710. The van der Waals surface area contributed by atoms with Gasteiger partial charge in [-0.3, -0.25) is 19.4 Å². The van der Waals surface area contributed by atoms with Crippen LogP contribution in [0.25, 0.3) is 0 Å². The van der Waals surface area contributed by atoms with Gasteiger partial charge >= 0.3 is 0 Å². The first-order valence-corrected chi connectivity index (χ1v) is 11.0. The van der Waals surface area contributed by atoms with Crippen molar-refractivity contribution in [2.24, 2.45) is 10.9 Å². The summed E-state index contributed by atoms with van der Waals surface area (Å²) in [4.78, 5) is 46.5. The zero-order valence-corrected chi connectivity index (χ0v) is 18.1. The SMILES string of the molecule is CC(=O)c1cc(C(=O)NC2=N[C@@H](c3ccco3)C(C(=O)C3CCOCC3)S2)cnc1C. The molecular weight excluding hydrogens is 418 g/mol. The van der Waals surface area contributed by atoms with E-state index in [4.69, 9.17) is 9.15 Å². The Labute approximate surface area is 183 Å². The Hall–Kier alpha value is -2.78. The summed E-state index contributed by atoms with van der Waals surface area (Å²) in [5.41, 5.74) is 1.22. The lowest BCUT2D eigenvalue weighted by atomic mass is 9.90. The van der Waals surface area contributed by atoms with Crippen LogP contribution in [0.1, 0.15) is 58.0 Å². The molecule has 4 rings (SSSR count). The molecule has 0 saturated carbocycles. The van der Waals surface area contributed by atoms with Gasteiger partial charge in [-0.25, -0.2) is 4.99 Å². The van der Waals surface area contributed by atoms with Gasteiger partial charge in [0.05, 0.1) is 11.8 Å². The second-order valence-electron chi connectivity index (χ2n) is 7.59. The first kappa shape index (κ1) is 21.5. The number of ether oxygens (including phenoxy) is 1. The van der Waals surface area contributed by atoms with Gasteiger partial charge in [-0.05, 0) is 44.9 Å². The summed E-state index contributed by atoms with van der Waals surface area (Å²) in [7, 11) is 0. The van der Waals surface area contributed by atoms with Crippen molar-refractivity contribution in [2.45, 2.75) is 38.0 Å². The summed E-state index contributed by atoms with van der Waals surface area (Å²) in [5, 5.41) is 2.64. The molecule has 2 aromatic rings. The van der Waals surface area contributed by atoms with Crippen LogP contribution in [0.2, 0.25) is 0 Å². The summed E-state index contributed by atoms with van der Waals surface area (Å²) < 4.78 is 10.9. The van der Waals surface area contributed by atoms with E-state index < -0.39 is 17.2 Å². The van der Waals surface area contributed by atoms with E-state index in [9.17, 15) is 14.4 Å². The Kier molecular flexibility index (Phi) is 6.33. The van der Waals surface area contributed by atoms with Crippen molar-refractivity contribution < 1.29 is 23.5 Å². The third kappa shape index (κ3) is 4.62. The van der Waals surface area contributed by atoms with Gasteiger partial charge in [0, 0.05) is 36.6 Å². The second-order valence-corrected chi connectivity index (χ2v) is 8.72. The first-order chi connectivity index (χ1) is 14.9. The van der Waals surface area contributed by atoms with Crippen LogP contribution in [0.5, 0.6) is 0 Å². The number of nitrogens with one attached hydrogen (secondary N) is 1. The molecule has 1 saturated heterocycles. The normalized spacial score (nSPS) is 21.5. The number of pyridine rings is 1. The van der Waals surface area contributed by atoms with Crippen molar-refractivity contribution in [3.8, 4) is 0 Å². The summed E-state index contributed by atoms with van der Waals surface area (Å²) in [6.45, 7) is 4.30. The largest absolute Gasteiger partial charge is 0.467 e. The molecule has 1 amide bonds. The summed E-state index contributed by atoms with van der Waals surface area (Å²) in [6, 6.07) is 4.56. The number of rotatable bonds is 5. The van der Waals surface area contributed by atoms with Gasteiger partial charge in [0.15, 0.2) is 16.7 Å². The molecule has 4 heterocycles. The smallest absolute Gasteiger partial charge is 0.258 e. The summed E-state index contributed by atoms with van der Waals surface area (Å²) >= 11 is 1.24. The lowest BCUT2D eigenvalue weighted by Crippen LogP contribution is -2.33. The topological polar surface area (TPSA) is 111 Å². The molecule has 31 heavy (non-hydrogen) atoms.